The standard InChI is InChI=1S/C24H39NO5/c1-4-7-8-12-21(26)15-16-25-22(24(28)30-6-3)18-20-11-9-10-19(17-20)13-14-23(27)29-5-2/h9-11,17,21-22,25-26H,4-8,12-16,18H2,1-3H3. The fourth-order valence-corrected chi connectivity index (χ4v) is 3.31. The molecule has 6 heteroatoms. The van der Waals surface area contributed by atoms with Gasteiger partial charge in [0.1, 0.15) is 6.04 Å². The molecule has 0 aromatic heterocycles. The van der Waals surface area contributed by atoms with Gasteiger partial charge in [0.2, 0.25) is 0 Å². The molecule has 0 heterocycles. The van der Waals surface area contributed by atoms with Crippen molar-refractivity contribution >= 4 is 11.9 Å². The molecule has 2 unspecified atom stereocenters. The predicted molar refractivity (Wildman–Crippen MR) is 118 cm³/mol. The molecule has 2 N–H and O–H groups in total. The molecule has 0 aliphatic carbocycles. The third-order valence-corrected chi connectivity index (χ3v) is 4.93. The van der Waals surface area contributed by atoms with Crippen molar-refractivity contribution < 1.29 is 24.2 Å². The number of carbonyl (C=O) groups excluding carboxylic acids is 2. The van der Waals surface area contributed by atoms with Crippen LogP contribution in [0, 0.1) is 0 Å². The molecular formula is C24H39NO5. The third kappa shape index (κ3) is 11.3. The molecule has 2 atom stereocenters. The number of aliphatic hydroxyl groups excluding tert-OH is 1. The fraction of sp³-hybridized carbons (Fsp3) is 0.667. The first kappa shape index (κ1) is 26.1. The van der Waals surface area contributed by atoms with Gasteiger partial charge in [-0.1, -0.05) is 50.5 Å². The average Bonchev–Trinajstić information content (AvgIpc) is 2.72. The minimum Gasteiger partial charge on any atom is -0.466 e. The summed E-state index contributed by atoms with van der Waals surface area (Å²) in [7, 11) is 0. The van der Waals surface area contributed by atoms with Crippen LogP contribution in [0.25, 0.3) is 0 Å². The second-order valence-corrected chi connectivity index (χ2v) is 7.53. The Balaban J connectivity index is 2.61. The molecule has 30 heavy (non-hydrogen) atoms. The van der Waals surface area contributed by atoms with Gasteiger partial charge in [-0.05, 0) is 57.2 Å². The summed E-state index contributed by atoms with van der Waals surface area (Å²) in [5, 5.41) is 13.4. The third-order valence-electron chi connectivity index (χ3n) is 4.93. The maximum atomic E-state index is 12.4. The highest BCUT2D eigenvalue weighted by molar-refractivity contribution is 5.76. The van der Waals surface area contributed by atoms with Crippen LogP contribution in [0.3, 0.4) is 0 Å². The first-order valence-corrected chi connectivity index (χ1v) is 11.3. The summed E-state index contributed by atoms with van der Waals surface area (Å²) in [6.07, 6.45) is 5.78. The van der Waals surface area contributed by atoms with Crippen LogP contribution in [0.1, 0.15) is 70.4 Å². The lowest BCUT2D eigenvalue weighted by molar-refractivity contribution is -0.145. The highest BCUT2D eigenvalue weighted by Crippen LogP contribution is 2.12. The van der Waals surface area contributed by atoms with E-state index in [1.807, 2.05) is 24.3 Å². The Morgan fingerprint density at radius 2 is 1.77 bits per heavy atom. The van der Waals surface area contributed by atoms with Crippen molar-refractivity contribution in [2.75, 3.05) is 19.8 Å². The number of unbranched alkanes of at least 4 members (excludes halogenated alkanes) is 2. The molecule has 1 rings (SSSR count). The van der Waals surface area contributed by atoms with Crippen LogP contribution in [0.5, 0.6) is 0 Å². The minimum absolute atomic E-state index is 0.202. The van der Waals surface area contributed by atoms with Crippen LogP contribution in [-0.2, 0) is 31.9 Å². The Kier molecular flexibility index (Phi) is 13.8. The first-order chi connectivity index (χ1) is 14.5. The Labute approximate surface area is 181 Å². The molecule has 0 amide bonds. The van der Waals surface area contributed by atoms with Gasteiger partial charge < -0.3 is 19.9 Å². The average molecular weight is 422 g/mol. The lowest BCUT2D eigenvalue weighted by Crippen LogP contribution is -2.41. The summed E-state index contributed by atoms with van der Waals surface area (Å²) in [5.74, 6) is -0.485. The van der Waals surface area contributed by atoms with E-state index in [0.717, 1.165) is 36.8 Å². The molecule has 0 aliphatic heterocycles. The van der Waals surface area contributed by atoms with Crippen molar-refractivity contribution in [1.29, 1.82) is 0 Å². The lowest BCUT2D eigenvalue weighted by atomic mass is 10.0. The predicted octanol–water partition coefficient (Wildman–Crippen LogP) is 3.58. The largest absolute Gasteiger partial charge is 0.466 e. The highest BCUT2D eigenvalue weighted by Gasteiger charge is 2.20. The number of carbonyl (C=O) groups is 2. The van der Waals surface area contributed by atoms with E-state index in [0.29, 0.717) is 45.4 Å². The van der Waals surface area contributed by atoms with Gasteiger partial charge in [0.25, 0.3) is 0 Å². The van der Waals surface area contributed by atoms with E-state index in [9.17, 15) is 14.7 Å². The van der Waals surface area contributed by atoms with Crippen LogP contribution in [-0.4, -0.2) is 48.9 Å². The number of hydrogen-bond acceptors (Lipinski definition) is 6. The number of ether oxygens (including phenoxy) is 2. The molecule has 0 aliphatic rings. The van der Waals surface area contributed by atoms with Gasteiger partial charge in [0.05, 0.1) is 19.3 Å². The van der Waals surface area contributed by atoms with Crippen LogP contribution in [0.2, 0.25) is 0 Å². The molecule has 0 saturated heterocycles. The topological polar surface area (TPSA) is 84.9 Å². The maximum Gasteiger partial charge on any atom is 0.323 e. The molecule has 0 bridgehead atoms. The molecule has 0 spiro atoms. The van der Waals surface area contributed by atoms with Gasteiger partial charge in [-0.25, -0.2) is 0 Å². The van der Waals surface area contributed by atoms with Crippen LogP contribution >= 0.6 is 0 Å². The SMILES string of the molecule is CCCCCC(O)CCNC(Cc1cccc(CCC(=O)OCC)c1)C(=O)OCC. The normalized spacial score (nSPS) is 12.9. The molecule has 1 aromatic rings. The number of hydrogen-bond donors (Lipinski definition) is 2. The van der Waals surface area contributed by atoms with Crippen molar-refractivity contribution in [2.45, 2.75) is 84.3 Å². The monoisotopic (exact) mass is 421 g/mol. The van der Waals surface area contributed by atoms with E-state index in [1.165, 1.54) is 0 Å². The molecule has 0 radical (unpaired) electrons. The van der Waals surface area contributed by atoms with Gasteiger partial charge in [-0.3, -0.25) is 9.59 Å². The van der Waals surface area contributed by atoms with Crippen molar-refractivity contribution in [3.8, 4) is 0 Å². The summed E-state index contributed by atoms with van der Waals surface area (Å²) in [5.41, 5.74) is 2.04. The molecule has 0 fully saturated rings. The number of benzene rings is 1. The molecule has 1 aromatic carbocycles. The van der Waals surface area contributed by atoms with Crippen molar-refractivity contribution in [3.05, 3.63) is 35.4 Å². The zero-order valence-corrected chi connectivity index (χ0v) is 18.8. The number of nitrogens with one attached hydrogen (secondary N) is 1. The Morgan fingerprint density at radius 3 is 2.47 bits per heavy atom. The van der Waals surface area contributed by atoms with Crippen LogP contribution in [0.15, 0.2) is 24.3 Å². The lowest BCUT2D eigenvalue weighted by Gasteiger charge is -2.19. The van der Waals surface area contributed by atoms with Gasteiger partial charge in [0, 0.05) is 6.42 Å². The Morgan fingerprint density at radius 1 is 1.03 bits per heavy atom. The molecular weight excluding hydrogens is 382 g/mol. The van der Waals surface area contributed by atoms with E-state index in [1.54, 1.807) is 13.8 Å². The summed E-state index contributed by atoms with van der Waals surface area (Å²) in [6, 6.07) is 7.44. The fourth-order valence-electron chi connectivity index (χ4n) is 3.31. The van der Waals surface area contributed by atoms with Gasteiger partial charge in [0.15, 0.2) is 0 Å². The van der Waals surface area contributed by atoms with Crippen molar-refractivity contribution in [1.82, 2.24) is 5.32 Å². The first-order valence-electron chi connectivity index (χ1n) is 11.3. The second-order valence-electron chi connectivity index (χ2n) is 7.53. The molecule has 170 valence electrons. The zero-order chi connectivity index (χ0) is 22.2. The van der Waals surface area contributed by atoms with Gasteiger partial charge in [-0.15, -0.1) is 0 Å². The Hall–Kier alpha value is -1.92. The highest BCUT2D eigenvalue weighted by atomic mass is 16.5. The minimum atomic E-state index is -0.465. The summed E-state index contributed by atoms with van der Waals surface area (Å²) in [6.45, 7) is 7.01. The van der Waals surface area contributed by atoms with Crippen molar-refractivity contribution in [2.24, 2.45) is 0 Å². The summed E-state index contributed by atoms with van der Waals surface area (Å²) in [4.78, 5) is 24.0. The summed E-state index contributed by atoms with van der Waals surface area (Å²) >= 11 is 0. The summed E-state index contributed by atoms with van der Waals surface area (Å²) < 4.78 is 10.2. The van der Waals surface area contributed by atoms with E-state index in [-0.39, 0.29) is 18.0 Å². The van der Waals surface area contributed by atoms with Crippen LogP contribution < -0.4 is 5.32 Å². The van der Waals surface area contributed by atoms with E-state index in [2.05, 4.69) is 12.2 Å². The number of aryl methyl sites for hydroxylation is 1. The number of aliphatic hydroxyl groups is 1. The van der Waals surface area contributed by atoms with E-state index < -0.39 is 6.04 Å². The smallest absolute Gasteiger partial charge is 0.323 e. The number of rotatable bonds is 16. The second kappa shape index (κ2) is 15.9. The quantitative estimate of drug-likeness (QED) is 0.313. The van der Waals surface area contributed by atoms with E-state index in [4.69, 9.17) is 9.47 Å². The molecule has 6 nitrogen and oxygen atoms in total. The van der Waals surface area contributed by atoms with E-state index >= 15 is 0 Å². The van der Waals surface area contributed by atoms with Gasteiger partial charge >= 0.3 is 11.9 Å². The van der Waals surface area contributed by atoms with Crippen LogP contribution in [0.4, 0.5) is 0 Å². The zero-order valence-electron chi connectivity index (χ0n) is 18.8. The Bertz CT molecular complexity index is 619. The molecule has 0 saturated carbocycles. The van der Waals surface area contributed by atoms with Gasteiger partial charge in [-0.2, -0.15) is 0 Å². The number of esters is 2. The maximum absolute atomic E-state index is 12.4. The van der Waals surface area contributed by atoms with Crippen molar-refractivity contribution in [3.63, 3.8) is 0 Å².